The number of alkyl halides is 3. The SMILES string of the molecule is O=Cc1cc(-c2cccc(O)c2)cc(C(F)(F)F)c1. The molecular weight excluding hydrogens is 257 g/mol. The molecule has 0 saturated carbocycles. The Bertz CT molecular complexity index is 618. The molecule has 5 heteroatoms. The number of carbonyl (C=O) groups is 1. The van der Waals surface area contributed by atoms with Crippen molar-refractivity contribution < 1.29 is 23.1 Å². The molecule has 98 valence electrons. The molecule has 0 saturated heterocycles. The van der Waals surface area contributed by atoms with Gasteiger partial charge in [-0.1, -0.05) is 12.1 Å². The van der Waals surface area contributed by atoms with Crippen LogP contribution in [0.15, 0.2) is 42.5 Å². The summed E-state index contributed by atoms with van der Waals surface area (Å²) in [5.41, 5.74) is -0.314. The van der Waals surface area contributed by atoms with Gasteiger partial charge in [0.2, 0.25) is 0 Å². The first-order chi connectivity index (χ1) is 8.90. The summed E-state index contributed by atoms with van der Waals surface area (Å²) in [4.78, 5) is 10.7. The van der Waals surface area contributed by atoms with E-state index in [1.165, 1.54) is 24.3 Å². The fourth-order valence-corrected chi connectivity index (χ4v) is 1.74. The molecule has 0 aliphatic carbocycles. The van der Waals surface area contributed by atoms with Gasteiger partial charge in [0.1, 0.15) is 12.0 Å². The third kappa shape index (κ3) is 2.93. The van der Waals surface area contributed by atoms with Crippen molar-refractivity contribution in [2.24, 2.45) is 0 Å². The zero-order chi connectivity index (χ0) is 14.0. The van der Waals surface area contributed by atoms with Crippen molar-refractivity contribution in [1.29, 1.82) is 0 Å². The van der Waals surface area contributed by atoms with Crippen molar-refractivity contribution >= 4 is 6.29 Å². The summed E-state index contributed by atoms with van der Waals surface area (Å²) < 4.78 is 38.1. The van der Waals surface area contributed by atoms with Crippen LogP contribution in [0.5, 0.6) is 5.75 Å². The molecule has 0 spiro atoms. The van der Waals surface area contributed by atoms with Gasteiger partial charge in [-0.3, -0.25) is 4.79 Å². The maximum Gasteiger partial charge on any atom is 0.416 e. The Hall–Kier alpha value is -2.30. The van der Waals surface area contributed by atoms with Crippen molar-refractivity contribution in [2.75, 3.05) is 0 Å². The van der Waals surface area contributed by atoms with E-state index >= 15 is 0 Å². The van der Waals surface area contributed by atoms with Crippen LogP contribution in [-0.2, 0) is 6.18 Å². The lowest BCUT2D eigenvalue weighted by Gasteiger charge is -2.10. The third-order valence-corrected chi connectivity index (χ3v) is 2.60. The first-order valence-electron chi connectivity index (χ1n) is 5.37. The van der Waals surface area contributed by atoms with Gasteiger partial charge in [-0.2, -0.15) is 13.2 Å². The van der Waals surface area contributed by atoms with Crippen molar-refractivity contribution in [3.05, 3.63) is 53.6 Å². The monoisotopic (exact) mass is 266 g/mol. The molecule has 2 rings (SSSR count). The maximum atomic E-state index is 12.7. The predicted octanol–water partition coefficient (Wildman–Crippen LogP) is 3.89. The molecule has 19 heavy (non-hydrogen) atoms. The Morgan fingerprint density at radius 3 is 2.32 bits per heavy atom. The molecule has 2 aromatic rings. The van der Waals surface area contributed by atoms with Crippen LogP contribution in [0.25, 0.3) is 11.1 Å². The molecule has 0 heterocycles. The van der Waals surface area contributed by atoms with Crippen LogP contribution in [0.1, 0.15) is 15.9 Å². The standard InChI is InChI=1S/C14H9F3O2/c15-14(16,17)12-5-9(8-18)4-11(6-12)10-2-1-3-13(19)7-10/h1-8,19H. The lowest BCUT2D eigenvalue weighted by atomic mass is 10.00. The van der Waals surface area contributed by atoms with E-state index in [-0.39, 0.29) is 16.9 Å². The average molecular weight is 266 g/mol. The minimum absolute atomic E-state index is 0.0532. The number of aromatic hydroxyl groups is 1. The number of hydrogen-bond acceptors (Lipinski definition) is 2. The summed E-state index contributed by atoms with van der Waals surface area (Å²) in [6.45, 7) is 0. The predicted molar refractivity (Wildman–Crippen MR) is 63.9 cm³/mol. The van der Waals surface area contributed by atoms with Gasteiger partial charge < -0.3 is 5.11 Å². The van der Waals surface area contributed by atoms with Crippen LogP contribution in [0.3, 0.4) is 0 Å². The molecule has 0 unspecified atom stereocenters. The van der Waals surface area contributed by atoms with E-state index in [1.54, 1.807) is 6.07 Å². The van der Waals surface area contributed by atoms with Gasteiger partial charge in [0, 0.05) is 5.56 Å². The lowest BCUT2D eigenvalue weighted by Crippen LogP contribution is -2.06. The van der Waals surface area contributed by atoms with E-state index in [4.69, 9.17) is 0 Å². The highest BCUT2D eigenvalue weighted by molar-refractivity contribution is 5.80. The quantitative estimate of drug-likeness (QED) is 0.837. The van der Waals surface area contributed by atoms with Crippen LogP contribution < -0.4 is 0 Å². The molecule has 0 fully saturated rings. The number of rotatable bonds is 2. The summed E-state index contributed by atoms with van der Waals surface area (Å²) in [7, 11) is 0. The highest BCUT2D eigenvalue weighted by Crippen LogP contribution is 2.33. The van der Waals surface area contributed by atoms with Gasteiger partial charge in [0.15, 0.2) is 0 Å². The Morgan fingerprint density at radius 2 is 1.74 bits per heavy atom. The van der Waals surface area contributed by atoms with Crippen LogP contribution in [0.2, 0.25) is 0 Å². The second-order valence-electron chi connectivity index (χ2n) is 4.01. The van der Waals surface area contributed by atoms with Gasteiger partial charge in [0.05, 0.1) is 5.56 Å². The van der Waals surface area contributed by atoms with Crippen LogP contribution in [-0.4, -0.2) is 11.4 Å². The first kappa shape index (κ1) is 13.1. The molecule has 0 bridgehead atoms. The number of phenols is 1. The van der Waals surface area contributed by atoms with Crippen molar-refractivity contribution in [3.8, 4) is 16.9 Å². The number of hydrogen-bond donors (Lipinski definition) is 1. The molecule has 1 N–H and O–H groups in total. The second kappa shape index (κ2) is 4.76. The van der Waals surface area contributed by atoms with Crippen LogP contribution in [0.4, 0.5) is 13.2 Å². The van der Waals surface area contributed by atoms with E-state index in [0.717, 1.165) is 12.1 Å². The van der Waals surface area contributed by atoms with E-state index in [2.05, 4.69) is 0 Å². The van der Waals surface area contributed by atoms with E-state index in [0.29, 0.717) is 11.8 Å². The van der Waals surface area contributed by atoms with Crippen molar-refractivity contribution in [2.45, 2.75) is 6.18 Å². The average Bonchev–Trinajstić information content (AvgIpc) is 2.37. The molecule has 0 aliphatic rings. The Labute approximate surface area is 107 Å². The van der Waals surface area contributed by atoms with Gasteiger partial charge >= 0.3 is 6.18 Å². The summed E-state index contributed by atoms with van der Waals surface area (Å²) in [5, 5.41) is 9.34. The van der Waals surface area contributed by atoms with Crippen LogP contribution >= 0.6 is 0 Å². The lowest BCUT2D eigenvalue weighted by molar-refractivity contribution is -0.137. The Morgan fingerprint density at radius 1 is 1.00 bits per heavy atom. The highest BCUT2D eigenvalue weighted by atomic mass is 19.4. The van der Waals surface area contributed by atoms with Crippen molar-refractivity contribution in [1.82, 2.24) is 0 Å². The maximum absolute atomic E-state index is 12.7. The zero-order valence-corrected chi connectivity index (χ0v) is 9.61. The zero-order valence-electron chi connectivity index (χ0n) is 9.61. The van der Waals surface area contributed by atoms with Crippen LogP contribution in [0, 0.1) is 0 Å². The van der Waals surface area contributed by atoms with Gasteiger partial charge in [0.25, 0.3) is 0 Å². The van der Waals surface area contributed by atoms with Gasteiger partial charge in [-0.05, 0) is 41.5 Å². The van der Waals surface area contributed by atoms with Gasteiger partial charge in [-0.25, -0.2) is 0 Å². The smallest absolute Gasteiger partial charge is 0.416 e. The summed E-state index contributed by atoms with van der Waals surface area (Å²) >= 11 is 0. The first-order valence-corrected chi connectivity index (χ1v) is 5.37. The van der Waals surface area contributed by atoms with E-state index in [1.807, 2.05) is 0 Å². The number of halogens is 3. The van der Waals surface area contributed by atoms with E-state index in [9.17, 15) is 23.1 Å². The Kier molecular flexibility index (Phi) is 3.29. The van der Waals surface area contributed by atoms with Gasteiger partial charge in [-0.15, -0.1) is 0 Å². The topological polar surface area (TPSA) is 37.3 Å². The Balaban J connectivity index is 2.60. The number of carbonyl (C=O) groups excluding carboxylic acids is 1. The van der Waals surface area contributed by atoms with Crippen molar-refractivity contribution in [3.63, 3.8) is 0 Å². The molecule has 0 radical (unpaired) electrons. The minimum atomic E-state index is -4.52. The normalized spacial score (nSPS) is 11.3. The second-order valence-corrected chi connectivity index (χ2v) is 4.01. The molecule has 0 atom stereocenters. The fraction of sp³-hybridized carbons (Fsp3) is 0.0714. The molecule has 0 aromatic heterocycles. The summed E-state index contributed by atoms with van der Waals surface area (Å²) in [5.74, 6) is -0.0532. The minimum Gasteiger partial charge on any atom is -0.508 e. The number of aldehydes is 1. The molecule has 0 amide bonds. The molecule has 2 nitrogen and oxygen atoms in total. The molecule has 2 aromatic carbocycles. The molecular formula is C14H9F3O2. The largest absolute Gasteiger partial charge is 0.508 e. The fourth-order valence-electron chi connectivity index (χ4n) is 1.74. The summed E-state index contributed by atoms with van der Waals surface area (Å²) in [6, 6.07) is 8.91. The highest BCUT2D eigenvalue weighted by Gasteiger charge is 2.31. The third-order valence-electron chi connectivity index (χ3n) is 2.60. The molecule has 0 aliphatic heterocycles. The number of phenolic OH excluding ortho intramolecular Hbond substituents is 1. The summed E-state index contributed by atoms with van der Waals surface area (Å²) in [6.07, 6.45) is -4.16. The number of benzene rings is 2. The van der Waals surface area contributed by atoms with E-state index < -0.39 is 11.7 Å².